The van der Waals surface area contributed by atoms with E-state index in [2.05, 4.69) is 4.72 Å². The molecule has 0 spiro atoms. The molecule has 22 heavy (non-hydrogen) atoms. The van der Waals surface area contributed by atoms with Gasteiger partial charge in [-0.05, 0) is 30.3 Å². The number of benzene rings is 2. The van der Waals surface area contributed by atoms with Crippen molar-refractivity contribution >= 4 is 27.3 Å². The Morgan fingerprint density at radius 1 is 1.05 bits per heavy atom. The van der Waals surface area contributed by atoms with E-state index in [4.69, 9.17) is 21.1 Å². The third kappa shape index (κ3) is 3.42. The summed E-state index contributed by atoms with van der Waals surface area (Å²) < 4.78 is 50.5. The summed E-state index contributed by atoms with van der Waals surface area (Å²) in [6.45, 7) is 0. The predicted octanol–water partition coefficient (Wildman–Crippen LogP) is 3.30. The topological polar surface area (TPSA) is 64.6 Å². The smallest absolute Gasteiger partial charge is 0.265 e. The lowest BCUT2D eigenvalue weighted by Crippen LogP contribution is -2.14. The maximum Gasteiger partial charge on any atom is 0.265 e. The van der Waals surface area contributed by atoms with E-state index >= 15 is 0 Å². The minimum atomic E-state index is -3.98. The second-order valence-electron chi connectivity index (χ2n) is 4.25. The lowest BCUT2D eigenvalue weighted by Gasteiger charge is -2.12. The zero-order valence-corrected chi connectivity index (χ0v) is 13.3. The Hall–Kier alpha value is -1.99. The molecule has 0 atom stereocenters. The second kappa shape index (κ2) is 6.41. The molecular weight excluding hydrogens is 333 g/mol. The zero-order valence-electron chi connectivity index (χ0n) is 11.8. The first kappa shape index (κ1) is 16.4. The fourth-order valence-electron chi connectivity index (χ4n) is 1.80. The number of anilines is 1. The van der Waals surface area contributed by atoms with Crippen molar-refractivity contribution in [1.82, 2.24) is 0 Å². The number of ether oxygens (including phenoxy) is 2. The number of hydrogen-bond donors (Lipinski definition) is 1. The molecule has 0 saturated heterocycles. The monoisotopic (exact) mass is 345 g/mol. The largest absolute Gasteiger partial charge is 0.495 e. The molecule has 0 amide bonds. The maximum atomic E-state index is 13.6. The van der Waals surface area contributed by atoms with Crippen LogP contribution in [0.5, 0.6) is 11.5 Å². The van der Waals surface area contributed by atoms with Gasteiger partial charge in [0.1, 0.15) is 10.6 Å². The van der Waals surface area contributed by atoms with Crippen molar-refractivity contribution in [1.29, 1.82) is 0 Å². The molecule has 0 aliphatic rings. The molecule has 0 radical (unpaired) electrons. The summed E-state index contributed by atoms with van der Waals surface area (Å²) in [5.74, 6) is -0.532. The molecule has 8 heteroatoms. The molecule has 2 aromatic rings. The highest BCUT2D eigenvalue weighted by atomic mass is 35.5. The maximum absolute atomic E-state index is 13.6. The van der Waals surface area contributed by atoms with Crippen LogP contribution in [-0.2, 0) is 10.0 Å². The Balaban J connectivity index is 2.40. The number of rotatable bonds is 5. The normalized spacial score (nSPS) is 11.1. The third-order valence-corrected chi connectivity index (χ3v) is 4.46. The van der Waals surface area contributed by atoms with Gasteiger partial charge < -0.3 is 9.47 Å². The highest BCUT2D eigenvalue weighted by molar-refractivity contribution is 7.92. The standard InChI is InChI=1S/C14H13ClFNO4S/c1-20-12-6-4-10(8-11(12)16)17-22(18,19)14-7-9(15)3-5-13(14)21-2/h3-8,17H,1-2H3. The Kier molecular flexibility index (Phi) is 4.77. The van der Waals surface area contributed by atoms with Crippen LogP contribution in [0.2, 0.25) is 5.02 Å². The van der Waals surface area contributed by atoms with E-state index in [1.165, 1.54) is 44.6 Å². The van der Waals surface area contributed by atoms with Crippen molar-refractivity contribution in [2.24, 2.45) is 0 Å². The van der Waals surface area contributed by atoms with Crippen molar-refractivity contribution < 1.29 is 22.3 Å². The Morgan fingerprint density at radius 3 is 2.27 bits per heavy atom. The Bertz CT molecular complexity index is 795. The summed E-state index contributed by atoms with van der Waals surface area (Å²) in [5, 5.41) is 0.238. The van der Waals surface area contributed by atoms with Crippen LogP contribution in [0.1, 0.15) is 0 Å². The predicted molar refractivity (Wildman–Crippen MR) is 81.8 cm³/mol. The number of sulfonamides is 1. The summed E-state index contributed by atoms with van der Waals surface area (Å²) in [7, 11) is -1.32. The van der Waals surface area contributed by atoms with Crippen LogP contribution >= 0.6 is 11.6 Å². The minimum Gasteiger partial charge on any atom is -0.495 e. The molecule has 2 rings (SSSR count). The van der Waals surface area contributed by atoms with Crippen LogP contribution in [0.25, 0.3) is 0 Å². The highest BCUT2D eigenvalue weighted by Crippen LogP contribution is 2.29. The number of halogens is 2. The van der Waals surface area contributed by atoms with Crippen LogP contribution in [0.3, 0.4) is 0 Å². The lowest BCUT2D eigenvalue weighted by molar-refractivity contribution is 0.386. The van der Waals surface area contributed by atoms with Crippen molar-refractivity contribution in [3.8, 4) is 11.5 Å². The molecule has 0 unspecified atom stereocenters. The highest BCUT2D eigenvalue weighted by Gasteiger charge is 2.20. The number of nitrogens with one attached hydrogen (secondary N) is 1. The van der Waals surface area contributed by atoms with E-state index in [0.29, 0.717) is 0 Å². The number of methoxy groups -OCH3 is 2. The molecule has 0 bridgehead atoms. The molecule has 0 fully saturated rings. The number of hydrogen-bond acceptors (Lipinski definition) is 4. The van der Waals surface area contributed by atoms with Crippen molar-refractivity contribution in [2.45, 2.75) is 4.90 Å². The first-order valence-electron chi connectivity index (χ1n) is 6.07. The van der Waals surface area contributed by atoms with Gasteiger partial charge in [0.15, 0.2) is 11.6 Å². The van der Waals surface area contributed by atoms with E-state index in [-0.39, 0.29) is 27.1 Å². The summed E-state index contributed by atoms with van der Waals surface area (Å²) in [5.41, 5.74) is 0.0559. The SMILES string of the molecule is COc1ccc(NS(=O)(=O)c2cc(Cl)ccc2OC)cc1F. The lowest BCUT2D eigenvalue weighted by atomic mass is 10.3. The average molecular weight is 346 g/mol. The Labute approximate surface area is 132 Å². The first-order chi connectivity index (χ1) is 10.4. The zero-order chi connectivity index (χ0) is 16.3. The fraction of sp³-hybridized carbons (Fsp3) is 0.143. The van der Waals surface area contributed by atoms with E-state index in [1.54, 1.807) is 0 Å². The van der Waals surface area contributed by atoms with Crippen LogP contribution in [0.4, 0.5) is 10.1 Å². The van der Waals surface area contributed by atoms with E-state index < -0.39 is 15.8 Å². The molecule has 2 aromatic carbocycles. The van der Waals surface area contributed by atoms with E-state index in [1.807, 2.05) is 0 Å². The fourth-order valence-corrected chi connectivity index (χ4v) is 3.28. The van der Waals surface area contributed by atoms with Crippen LogP contribution in [0, 0.1) is 5.82 Å². The van der Waals surface area contributed by atoms with Gasteiger partial charge in [-0.3, -0.25) is 4.72 Å². The van der Waals surface area contributed by atoms with Crippen molar-refractivity contribution in [3.05, 3.63) is 47.2 Å². The first-order valence-corrected chi connectivity index (χ1v) is 7.93. The third-order valence-electron chi connectivity index (χ3n) is 2.82. The molecule has 118 valence electrons. The summed E-state index contributed by atoms with van der Waals surface area (Å²) in [4.78, 5) is -0.140. The van der Waals surface area contributed by atoms with Crippen LogP contribution < -0.4 is 14.2 Å². The molecule has 0 heterocycles. The molecule has 1 N–H and O–H groups in total. The Morgan fingerprint density at radius 2 is 1.68 bits per heavy atom. The summed E-state index contributed by atoms with van der Waals surface area (Å²) in [6, 6.07) is 7.92. The van der Waals surface area contributed by atoms with E-state index in [9.17, 15) is 12.8 Å². The summed E-state index contributed by atoms with van der Waals surface area (Å²) >= 11 is 5.82. The van der Waals surface area contributed by atoms with Crippen LogP contribution in [0.15, 0.2) is 41.3 Å². The van der Waals surface area contributed by atoms with Gasteiger partial charge in [0, 0.05) is 11.1 Å². The summed E-state index contributed by atoms with van der Waals surface area (Å²) in [6.07, 6.45) is 0. The van der Waals surface area contributed by atoms with Gasteiger partial charge in [0.2, 0.25) is 0 Å². The molecular formula is C14H13ClFNO4S. The van der Waals surface area contributed by atoms with Gasteiger partial charge in [-0.1, -0.05) is 11.6 Å². The minimum absolute atomic E-state index is 0.0169. The van der Waals surface area contributed by atoms with Gasteiger partial charge in [-0.15, -0.1) is 0 Å². The van der Waals surface area contributed by atoms with Crippen molar-refractivity contribution in [3.63, 3.8) is 0 Å². The van der Waals surface area contributed by atoms with Gasteiger partial charge in [0.05, 0.1) is 19.9 Å². The van der Waals surface area contributed by atoms with Crippen LogP contribution in [-0.4, -0.2) is 22.6 Å². The van der Waals surface area contributed by atoms with Gasteiger partial charge in [0.25, 0.3) is 10.0 Å². The van der Waals surface area contributed by atoms with Crippen molar-refractivity contribution in [2.75, 3.05) is 18.9 Å². The molecule has 0 saturated carbocycles. The second-order valence-corrected chi connectivity index (χ2v) is 6.34. The molecule has 0 aliphatic heterocycles. The van der Waals surface area contributed by atoms with Gasteiger partial charge in [-0.25, -0.2) is 12.8 Å². The molecule has 0 aliphatic carbocycles. The average Bonchev–Trinajstić information content (AvgIpc) is 2.47. The quantitative estimate of drug-likeness (QED) is 0.903. The molecule has 5 nitrogen and oxygen atoms in total. The van der Waals surface area contributed by atoms with Gasteiger partial charge >= 0.3 is 0 Å². The van der Waals surface area contributed by atoms with Gasteiger partial charge in [-0.2, -0.15) is 0 Å². The molecule has 0 aromatic heterocycles. The van der Waals surface area contributed by atoms with E-state index in [0.717, 1.165) is 6.07 Å².